The number of ether oxygens (including phenoxy) is 1. The van der Waals surface area contributed by atoms with E-state index in [1.807, 2.05) is 0 Å². The Morgan fingerprint density at radius 2 is 2.03 bits per heavy atom. The highest BCUT2D eigenvalue weighted by atomic mass is 31.2. The number of hydrogen-bond donors (Lipinski definition) is 3. The van der Waals surface area contributed by atoms with Crippen molar-refractivity contribution in [3.05, 3.63) is 53.1 Å². The number of carbonyl (C=O) groups excluding carboxylic acids is 1. The first-order valence-electron chi connectivity index (χ1n) is 10.6. The number of alkyl halides is 2. The number of aliphatic hydroxyl groups excluding tert-OH is 1. The van der Waals surface area contributed by atoms with Crippen LogP contribution in [-0.4, -0.2) is 69.8 Å². The van der Waals surface area contributed by atoms with Gasteiger partial charge in [0, 0.05) is 19.8 Å². The van der Waals surface area contributed by atoms with Crippen LogP contribution in [0.2, 0.25) is 0 Å². The van der Waals surface area contributed by atoms with Gasteiger partial charge in [0.25, 0.3) is 0 Å². The molecule has 12 nitrogen and oxygen atoms in total. The summed E-state index contributed by atoms with van der Waals surface area (Å²) in [4.78, 5) is 29.2. The molecule has 5 atom stereocenters. The lowest BCUT2D eigenvalue weighted by molar-refractivity contribution is -0.140. The van der Waals surface area contributed by atoms with E-state index in [2.05, 4.69) is 10.1 Å². The molecule has 0 saturated carbocycles. The summed E-state index contributed by atoms with van der Waals surface area (Å²) in [6, 6.07) is 8.14. The minimum atomic E-state index is -4.31. The predicted molar refractivity (Wildman–Crippen MR) is 118 cm³/mol. The normalized spacial score (nSPS) is 27.7. The first-order valence-corrected chi connectivity index (χ1v) is 12.1. The molecule has 2 unspecified atom stereocenters. The molecule has 0 spiro atoms. The number of nitrogens with two attached hydrogens (primary N) is 1. The molecule has 2 fully saturated rings. The fourth-order valence-electron chi connectivity index (χ4n) is 3.73. The maximum atomic E-state index is 14.8. The van der Waals surface area contributed by atoms with Crippen LogP contribution in [0.25, 0.3) is 0 Å². The molecule has 0 bridgehead atoms. The summed E-state index contributed by atoms with van der Waals surface area (Å²) in [5.74, 6) is -4.30. The third-order valence-corrected chi connectivity index (χ3v) is 7.17. The van der Waals surface area contributed by atoms with Crippen molar-refractivity contribution in [3.8, 4) is 5.75 Å². The number of carbonyl (C=O) groups is 1. The number of para-hydroxylation sites is 1. The lowest BCUT2D eigenvalue weighted by atomic mass is 10.1. The van der Waals surface area contributed by atoms with Crippen molar-refractivity contribution < 1.29 is 37.0 Å². The highest BCUT2D eigenvalue weighted by Gasteiger charge is 2.60. The molecule has 15 heteroatoms. The van der Waals surface area contributed by atoms with Crippen molar-refractivity contribution in [3.63, 3.8) is 0 Å². The number of amides is 1. The third-order valence-electron chi connectivity index (χ3n) is 5.60. The molecule has 1 amide bonds. The van der Waals surface area contributed by atoms with E-state index in [-0.39, 0.29) is 17.5 Å². The van der Waals surface area contributed by atoms with Crippen LogP contribution >= 0.6 is 7.75 Å². The van der Waals surface area contributed by atoms with Crippen molar-refractivity contribution >= 4 is 19.5 Å². The summed E-state index contributed by atoms with van der Waals surface area (Å²) in [6.45, 7) is -0.400. The predicted octanol–water partition coefficient (Wildman–Crippen LogP) is 0.743. The van der Waals surface area contributed by atoms with Gasteiger partial charge in [0.05, 0.1) is 12.6 Å². The van der Waals surface area contributed by atoms with Crippen LogP contribution < -0.4 is 21.0 Å². The molecule has 2 saturated heterocycles. The quantitative estimate of drug-likeness (QED) is 0.428. The van der Waals surface area contributed by atoms with E-state index >= 15 is 0 Å². The van der Waals surface area contributed by atoms with E-state index in [0.29, 0.717) is 17.5 Å². The van der Waals surface area contributed by atoms with Crippen LogP contribution in [-0.2, 0) is 18.6 Å². The zero-order chi connectivity index (χ0) is 25.4. The number of rotatable bonds is 8. The number of aromatic nitrogens is 2. The van der Waals surface area contributed by atoms with Crippen LogP contribution in [0.15, 0.2) is 47.4 Å². The average molecular weight is 515 g/mol. The lowest BCUT2D eigenvalue weighted by Gasteiger charge is -2.24. The van der Waals surface area contributed by atoms with Crippen molar-refractivity contribution in [2.45, 2.75) is 36.8 Å². The van der Waals surface area contributed by atoms with E-state index in [9.17, 15) is 28.0 Å². The second-order valence-corrected chi connectivity index (χ2v) is 9.81. The van der Waals surface area contributed by atoms with Crippen LogP contribution in [0.1, 0.15) is 12.6 Å². The van der Waals surface area contributed by atoms with Gasteiger partial charge in [-0.05, 0) is 24.6 Å². The molecule has 190 valence electrons. The smallest absolute Gasteiger partial charge is 0.413 e. The number of nitrogen functional groups attached to an aromatic ring is 1. The van der Waals surface area contributed by atoms with Crippen molar-refractivity contribution in [2.24, 2.45) is 0 Å². The summed E-state index contributed by atoms with van der Waals surface area (Å²) in [6.07, 6.45) is -5.04. The number of nitrogens with zero attached hydrogens (tertiary/aromatic N) is 3. The molecule has 2 aliphatic rings. The minimum absolute atomic E-state index is 0.137. The Labute approximate surface area is 198 Å². The topological polar surface area (TPSA) is 158 Å². The van der Waals surface area contributed by atoms with Gasteiger partial charge >= 0.3 is 19.4 Å². The summed E-state index contributed by atoms with van der Waals surface area (Å²) in [5, 5.41) is 12.8. The Balaban J connectivity index is 1.53. The monoisotopic (exact) mass is 515 g/mol. The largest absolute Gasteiger partial charge is 0.459 e. The standard InChI is InChI=1S/C20H24F2N5O7P/c1-26-9-7-13(17(26)29)25-35(31,34-12-5-3-2-4-6-12)32-11-14-16(28)20(21,22)18(33-14)27-10-8-15(23)24-19(27)30/h2-6,8,10,13-14,16,18,28H,7,9,11H2,1H3,(H,25,31)(H2,23,24,30)/t13?,14-,16-,18-,35?/m1/s1. The van der Waals surface area contributed by atoms with Crippen LogP contribution in [0.3, 0.4) is 0 Å². The lowest BCUT2D eigenvalue weighted by Crippen LogP contribution is -2.42. The Kier molecular flexibility index (Phi) is 6.93. The van der Waals surface area contributed by atoms with Gasteiger partial charge < -0.3 is 25.0 Å². The Hall–Kier alpha value is -2.90. The highest BCUT2D eigenvalue weighted by molar-refractivity contribution is 7.52. The maximum absolute atomic E-state index is 14.8. The minimum Gasteiger partial charge on any atom is -0.413 e. The van der Waals surface area contributed by atoms with Crippen LogP contribution in [0.5, 0.6) is 5.75 Å². The molecule has 1 aromatic carbocycles. The molecule has 1 aromatic heterocycles. The first-order chi connectivity index (χ1) is 16.5. The van der Waals surface area contributed by atoms with E-state index in [1.165, 1.54) is 17.0 Å². The number of nitrogens with one attached hydrogen (secondary N) is 1. The highest BCUT2D eigenvalue weighted by Crippen LogP contribution is 2.48. The van der Waals surface area contributed by atoms with Crippen LogP contribution in [0, 0.1) is 0 Å². The molecule has 0 radical (unpaired) electrons. The van der Waals surface area contributed by atoms with Gasteiger partial charge in [-0.25, -0.2) is 9.36 Å². The Morgan fingerprint density at radius 1 is 1.31 bits per heavy atom. The van der Waals surface area contributed by atoms with E-state index in [4.69, 9.17) is 19.5 Å². The SMILES string of the molecule is CN1CCC(NP(=O)(OC[C@H]2O[C@@H](n3ccc(N)nc3=O)C(F)(F)[C@@H]2O)Oc2ccccc2)C1=O. The molecule has 0 aliphatic carbocycles. The summed E-state index contributed by atoms with van der Waals surface area (Å²) in [7, 11) is -2.74. The molecule has 4 N–H and O–H groups in total. The van der Waals surface area contributed by atoms with Gasteiger partial charge in [-0.3, -0.25) is 13.9 Å². The first kappa shape index (κ1) is 25.2. The summed E-state index contributed by atoms with van der Waals surface area (Å²) in [5.41, 5.74) is 4.29. The molecule has 35 heavy (non-hydrogen) atoms. The summed E-state index contributed by atoms with van der Waals surface area (Å²) >= 11 is 0. The van der Waals surface area contributed by atoms with Gasteiger partial charge in [-0.1, -0.05) is 18.2 Å². The third kappa shape index (κ3) is 5.21. The van der Waals surface area contributed by atoms with E-state index in [0.717, 1.165) is 12.3 Å². The number of halogens is 2. The average Bonchev–Trinajstić information content (AvgIpc) is 3.23. The number of likely N-dealkylation sites (N-methyl/N-ethyl adjacent to an activating group) is 1. The number of benzene rings is 1. The number of hydrogen-bond acceptors (Lipinski definition) is 9. The Bertz CT molecular complexity index is 1180. The maximum Gasteiger partial charge on any atom is 0.459 e. The van der Waals surface area contributed by atoms with Gasteiger partial charge in [0.15, 0.2) is 6.10 Å². The van der Waals surface area contributed by atoms with Crippen molar-refractivity contribution in [1.29, 1.82) is 0 Å². The van der Waals surface area contributed by atoms with Crippen molar-refractivity contribution in [1.82, 2.24) is 19.5 Å². The number of likely N-dealkylation sites (tertiary alicyclic amines) is 1. The van der Waals surface area contributed by atoms with Gasteiger partial charge in [0.2, 0.25) is 12.1 Å². The second kappa shape index (κ2) is 9.63. The van der Waals surface area contributed by atoms with Gasteiger partial charge in [-0.2, -0.15) is 18.9 Å². The van der Waals surface area contributed by atoms with E-state index < -0.39 is 50.4 Å². The van der Waals surface area contributed by atoms with E-state index in [1.54, 1.807) is 25.2 Å². The number of aliphatic hydroxyl groups is 1. The number of anilines is 1. The van der Waals surface area contributed by atoms with Gasteiger partial charge in [0.1, 0.15) is 17.7 Å². The summed E-state index contributed by atoms with van der Waals surface area (Å²) < 4.78 is 59.7. The molecule has 3 heterocycles. The molecule has 2 aliphatic heterocycles. The van der Waals surface area contributed by atoms with Crippen molar-refractivity contribution in [2.75, 3.05) is 25.9 Å². The molecule has 2 aromatic rings. The molecular formula is C20H24F2N5O7P. The molecular weight excluding hydrogens is 491 g/mol. The second-order valence-electron chi connectivity index (χ2n) is 8.12. The fraction of sp³-hybridized carbons (Fsp3) is 0.450. The zero-order valence-electron chi connectivity index (χ0n) is 18.5. The zero-order valence-corrected chi connectivity index (χ0v) is 19.4. The Morgan fingerprint density at radius 3 is 2.66 bits per heavy atom. The van der Waals surface area contributed by atoms with Gasteiger partial charge in [-0.15, -0.1) is 0 Å². The van der Waals surface area contributed by atoms with Crippen LogP contribution in [0.4, 0.5) is 14.6 Å². The fourth-order valence-corrected chi connectivity index (χ4v) is 5.27. The molecule has 4 rings (SSSR count).